The highest BCUT2D eigenvalue weighted by atomic mass is 19.4. The molecule has 0 aliphatic carbocycles. The van der Waals surface area contributed by atoms with Gasteiger partial charge in [-0.15, -0.1) is 0 Å². The van der Waals surface area contributed by atoms with Gasteiger partial charge in [0.1, 0.15) is 5.75 Å². The molecule has 0 bridgehead atoms. The van der Waals surface area contributed by atoms with Crippen molar-refractivity contribution in [2.75, 3.05) is 19.8 Å². The highest BCUT2D eigenvalue weighted by Crippen LogP contribution is 2.37. The summed E-state index contributed by atoms with van der Waals surface area (Å²) >= 11 is 0. The van der Waals surface area contributed by atoms with E-state index < -0.39 is 30.5 Å². The van der Waals surface area contributed by atoms with E-state index in [4.69, 9.17) is 10.5 Å². The number of halogens is 3. The number of alkyl halides is 3. The first-order chi connectivity index (χ1) is 13.5. The summed E-state index contributed by atoms with van der Waals surface area (Å²) in [7, 11) is 0. The first kappa shape index (κ1) is 25.7. The summed E-state index contributed by atoms with van der Waals surface area (Å²) in [4.78, 5) is 0. The summed E-state index contributed by atoms with van der Waals surface area (Å²) < 4.78 is 45.9. The third-order valence-electron chi connectivity index (χ3n) is 5.24. The largest absolute Gasteiger partial charge is 0.493 e. The third-order valence-corrected chi connectivity index (χ3v) is 5.24. The zero-order valence-electron chi connectivity index (χ0n) is 17.8. The smallest absolute Gasteiger partial charge is 0.419 e. The fraction of sp³-hybridized carbons (Fsp3) is 0.727. The van der Waals surface area contributed by atoms with Crippen molar-refractivity contribution in [3.8, 4) is 5.75 Å². The van der Waals surface area contributed by atoms with Gasteiger partial charge in [0.15, 0.2) is 0 Å². The summed E-state index contributed by atoms with van der Waals surface area (Å²) in [5.41, 5.74) is 4.21. The maximum atomic E-state index is 13.5. The van der Waals surface area contributed by atoms with Crippen LogP contribution in [0.5, 0.6) is 5.75 Å². The number of nitrogens with two attached hydrogens (primary N) is 1. The summed E-state index contributed by atoms with van der Waals surface area (Å²) in [6.45, 7) is 5.82. The lowest BCUT2D eigenvalue weighted by molar-refractivity contribution is -0.139. The van der Waals surface area contributed by atoms with E-state index >= 15 is 0 Å². The second kappa shape index (κ2) is 11.8. The molecule has 0 saturated heterocycles. The molecule has 0 amide bonds. The lowest BCUT2D eigenvalue weighted by Crippen LogP contribution is -2.47. The molecule has 0 aliphatic heterocycles. The van der Waals surface area contributed by atoms with Gasteiger partial charge in [-0.05, 0) is 48.8 Å². The van der Waals surface area contributed by atoms with Crippen LogP contribution in [0, 0.1) is 11.8 Å². The van der Waals surface area contributed by atoms with Gasteiger partial charge < -0.3 is 20.7 Å². The first-order valence-electron chi connectivity index (χ1n) is 10.3. The molecule has 0 aromatic heterocycles. The molecular formula is C22H36F3NO3. The molecule has 0 saturated carbocycles. The van der Waals surface area contributed by atoms with Crippen molar-refractivity contribution in [1.82, 2.24) is 0 Å². The number of aryl methyl sites for hydroxylation is 1. The van der Waals surface area contributed by atoms with Crippen LogP contribution < -0.4 is 10.5 Å². The number of benzene rings is 1. The molecule has 1 atom stereocenters. The zero-order valence-corrected chi connectivity index (χ0v) is 17.8. The second-order valence-corrected chi connectivity index (χ2v) is 8.57. The predicted molar refractivity (Wildman–Crippen MR) is 109 cm³/mol. The van der Waals surface area contributed by atoms with Crippen LogP contribution in [0.1, 0.15) is 64.0 Å². The Balaban J connectivity index is 2.70. The number of ether oxygens (including phenoxy) is 1. The molecule has 168 valence electrons. The first-order valence-corrected chi connectivity index (χ1v) is 10.3. The maximum absolute atomic E-state index is 13.5. The van der Waals surface area contributed by atoms with E-state index in [0.717, 1.165) is 25.3 Å². The van der Waals surface area contributed by atoms with Crippen LogP contribution in [0.25, 0.3) is 0 Å². The summed E-state index contributed by atoms with van der Waals surface area (Å²) in [6.07, 6.45) is -0.114. The van der Waals surface area contributed by atoms with Crippen LogP contribution in [-0.4, -0.2) is 35.6 Å². The molecule has 0 unspecified atom stereocenters. The van der Waals surface area contributed by atoms with Gasteiger partial charge in [-0.1, -0.05) is 46.1 Å². The standard InChI is InChI=1S/C22H36F3NO3/c1-16(2)5-4-6-17(3)10-12-29-20-8-7-18(13-19(20)22(23,24)25)9-11-21(26,14-27)15-28/h7-8,13,16-17,27-28H,4-6,9-12,14-15,26H2,1-3H3/t17-/m1/s1. The van der Waals surface area contributed by atoms with Crippen LogP contribution >= 0.6 is 0 Å². The molecule has 0 spiro atoms. The average molecular weight is 420 g/mol. The van der Waals surface area contributed by atoms with Gasteiger partial charge in [0.25, 0.3) is 0 Å². The molecule has 4 nitrogen and oxygen atoms in total. The van der Waals surface area contributed by atoms with E-state index in [9.17, 15) is 23.4 Å². The monoisotopic (exact) mass is 419 g/mol. The lowest BCUT2D eigenvalue weighted by atomic mass is 9.93. The minimum atomic E-state index is -4.53. The van der Waals surface area contributed by atoms with E-state index in [2.05, 4.69) is 20.8 Å². The Bertz CT molecular complexity index is 601. The molecule has 29 heavy (non-hydrogen) atoms. The molecule has 4 N–H and O–H groups in total. The van der Waals surface area contributed by atoms with Crippen LogP contribution in [0.4, 0.5) is 13.2 Å². The summed E-state index contributed by atoms with van der Waals surface area (Å²) in [5.74, 6) is 0.890. The van der Waals surface area contributed by atoms with Crippen molar-refractivity contribution in [2.45, 2.75) is 71.0 Å². The molecule has 0 aliphatic rings. The van der Waals surface area contributed by atoms with Crippen molar-refractivity contribution < 1.29 is 28.1 Å². The second-order valence-electron chi connectivity index (χ2n) is 8.57. The average Bonchev–Trinajstić information content (AvgIpc) is 2.65. The van der Waals surface area contributed by atoms with Crippen molar-refractivity contribution in [1.29, 1.82) is 0 Å². The molecule has 0 heterocycles. The summed E-state index contributed by atoms with van der Waals surface area (Å²) in [6, 6.07) is 3.99. The van der Waals surface area contributed by atoms with Gasteiger partial charge in [-0.2, -0.15) is 13.2 Å². The maximum Gasteiger partial charge on any atom is 0.419 e. The fourth-order valence-corrected chi connectivity index (χ4v) is 3.07. The van der Waals surface area contributed by atoms with Crippen LogP contribution in [0.2, 0.25) is 0 Å². The normalized spacial score (nSPS) is 13.7. The Morgan fingerprint density at radius 1 is 1.03 bits per heavy atom. The molecular weight excluding hydrogens is 383 g/mol. The van der Waals surface area contributed by atoms with Crippen LogP contribution in [-0.2, 0) is 12.6 Å². The highest BCUT2D eigenvalue weighted by Gasteiger charge is 2.35. The SMILES string of the molecule is CC(C)CCC[C@@H](C)CCOc1ccc(CCC(N)(CO)CO)cc1C(F)(F)F. The van der Waals surface area contributed by atoms with E-state index in [1.54, 1.807) is 6.07 Å². The fourth-order valence-electron chi connectivity index (χ4n) is 3.07. The topological polar surface area (TPSA) is 75.7 Å². The van der Waals surface area contributed by atoms with Gasteiger partial charge in [0.05, 0.1) is 30.9 Å². The van der Waals surface area contributed by atoms with Crippen LogP contribution in [0.3, 0.4) is 0 Å². The van der Waals surface area contributed by atoms with Gasteiger partial charge in [0.2, 0.25) is 0 Å². The van der Waals surface area contributed by atoms with Crippen molar-refractivity contribution >= 4 is 0 Å². The Morgan fingerprint density at radius 2 is 1.69 bits per heavy atom. The van der Waals surface area contributed by atoms with Crippen molar-refractivity contribution in [3.05, 3.63) is 29.3 Å². The van der Waals surface area contributed by atoms with E-state index in [1.807, 2.05) is 0 Å². The molecule has 1 aromatic carbocycles. The zero-order chi connectivity index (χ0) is 22.1. The number of aliphatic hydroxyl groups excluding tert-OH is 2. The number of hydrogen-bond donors (Lipinski definition) is 3. The van der Waals surface area contributed by atoms with Gasteiger partial charge in [-0.3, -0.25) is 0 Å². The molecule has 1 aromatic rings. The van der Waals surface area contributed by atoms with Crippen molar-refractivity contribution in [3.63, 3.8) is 0 Å². The van der Waals surface area contributed by atoms with E-state index in [0.29, 0.717) is 23.8 Å². The Hall–Kier alpha value is -1.31. The Kier molecular flexibility index (Phi) is 10.4. The van der Waals surface area contributed by atoms with Gasteiger partial charge in [0, 0.05) is 0 Å². The third kappa shape index (κ3) is 9.36. The Morgan fingerprint density at radius 3 is 2.24 bits per heavy atom. The minimum absolute atomic E-state index is 0.168. The molecule has 7 heteroatoms. The highest BCUT2D eigenvalue weighted by molar-refractivity contribution is 5.39. The molecule has 0 fully saturated rings. The van der Waals surface area contributed by atoms with Gasteiger partial charge >= 0.3 is 6.18 Å². The lowest BCUT2D eigenvalue weighted by Gasteiger charge is -2.24. The minimum Gasteiger partial charge on any atom is -0.493 e. The number of aliphatic hydroxyl groups is 2. The number of hydrogen-bond acceptors (Lipinski definition) is 4. The van der Waals surface area contributed by atoms with E-state index in [1.165, 1.54) is 6.07 Å². The Labute approximate surface area is 172 Å². The predicted octanol–water partition coefficient (Wildman–Crippen LogP) is 4.55. The molecule has 0 radical (unpaired) electrons. The molecule has 1 rings (SSSR count). The van der Waals surface area contributed by atoms with Gasteiger partial charge in [-0.25, -0.2) is 0 Å². The van der Waals surface area contributed by atoms with E-state index in [-0.39, 0.29) is 25.2 Å². The van der Waals surface area contributed by atoms with Crippen molar-refractivity contribution in [2.24, 2.45) is 17.6 Å². The number of rotatable bonds is 13. The summed E-state index contributed by atoms with van der Waals surface area (Å²) in [5, 5.41) is 18.5. The van der Waals surface area contributed by atoms with Crippen LogP contribution in [0.15, 0.2) is 18.2 Å². The quantitative estimate of drug-likeness (QED) is 0.438.